The molecule has 1 fully saturated rings. The molecular formula is C34H36Cl2N4O4S. The summed E-state index contributed by atoms with van der Waals surface area (Å²) in [5.41, 5.74) is 3.26. The summed E-state index contributed by atoms with van der Waals surface area (Å²) in [6, 6.07) is 18.3. The Morgan fingerprint density at radius 1 is 1.09 bits per heavy atom. The Balaban J connectivity index is 1.33. The fraction of sp³-hybridized carbons (Fsp3) is 0.324. The van der Waals surface area contributed by atoms with E-state index in [1.165, 1.54) is 7.11 Å². The number of hydrogen-bond acceptors (Lipinski definition) is 7. The number of aliphatic hydroxyl groups is 1. The van der Waals surface area contributed by atoms with E-state index in [4.69, 9.17) is 27.9 Å². The van der Waals surface area contributed by atoms with E-state index in [1.54, 1.807) is 42.5 Å². The van der Waals surface area contributed by atoms with Crippen LogP contribution in [0, 0.1) is 6.92 Å². The van der Waals surface area contributed by atoms with Gasteiger partial charge in [0.05, 0.1) is 31.3 Å². The second kappa shape index (κ2) is 14.7. The molecule has 0 saturated carbocycles. The van der Waals surface area contributed by atoms with Crippen molar-refractivity contribution in [2.24, 2.45) is 0 Å². The van der Waals surface area contributed by atoms with Crippen molar-refractivity contribution in [1.82, 2.24) is 20.5 Å². The second-order valence-electron chi connectivity index (χ2n) is 11.2. The predicted molar refractivity (Wildman–Crippen MR) is 178 cm³/mol. The zero-order valence-corrected chi connectivity index (χ0v) is 27.6. The van der Waals surface area contributed by atoms with Crippen LogP contribution in [0.3, 0.4) is 0 Å². The molecule has 236 valence electrons. The Bertz CT molecular complexity index is 1630. The molecule has 0 aliphatic carbocycles. The van der Waals surface area contributed by atoms with Crippen LogP contribution in [0.15, 0.2) is 72.1 Å². The Kier molecular flexibility index (Phi) is 10.8. The molecule has 4 unspecified atom stereocenters. The highest BCUT2D eigenvalue weighted by molar-refractivity contribution is 7.09. The van der Waals surface area contributed by atoms with Gasteiger partial charge in [-0.3, -0.25) is 9.59 Å². The number of halogens is 2. The Morgan fingerprint density at radius 2 is 1.80 bits per heavy atom. The van der Waals surface area contributed by atoms with E-state index in [0.717, 1.165) is 34.7 Å². The summed E-state index contributed by atoms with van der Waals surface area (Å²) in [5, 5.41) is 21.8. The normalized spacial score (nSPS) is 16.7. The lowest BCUT2D eigenvalue weighted by atomic mass is 9.96. The Hall–Kier alpha value is -3.47. The van der Waals surface area contributed by atoms with Gasteiger partial charge in [0, 0.05) is 45.3 Å². The fourth-order valence-corrected chi connectivity index (χ4v) is 7.14. The number of aromatic nitrogens is 1. The molecule has 1 aromatic heterocycles. The fourth-order valence-electron chi connectivity index (χ4n) is 5.63. The number of thiazole rings is 1. The van der Waals surface area contributed by atoms with Crippen LogP contribution in [-0.4, -0.2) is 52.6 Å². The van der Waals surface area contributed by atoms with E-state index in [2.05, 4.69) is 15.6 Å². The van der Waals surface area contributed by atoms with Crippen LogP contribution in [0.2, 0.25) is 10.0 Å². The number of likely N-dealkylation sites (tertiary alicyclic amines) is 1. The number of aliphatic hydroxyl groups excluding tert-OH is 1. The molecule has 2 heterocycles. The van der Waals surface area contributed by atoms with Crippen LogP contribution in [0.1, 0.15) is 74.4 Å². The molecule has 5 rings (SSSR count). The lowest BCUT2D eigenvalue weighted by Gasteiger charge is -2.30. The quantitative estimate of drug-likeness (QED) is 0.164. The van der Waals surface area contributed by atoms with Gasteiger partial charge in [-0.2, -0.15) is 0 Å². The van der Waals surface area contributed by atoms with E-state index < -0.39 is 24.1 Å². The van der Waals surface area contributed by atoms with Crippen molar-refractivity contribution in [3.8, 4) is 5.75 Å². The first-order valence-electron chi connectivity index (χ1n) is 14.8. The average Bonchev–Trinajstić information content (AvgIpc) is 3.69. The summed E-state index contributed by atoms with van der Waals surface area (Å²) >= 11 is 13.9. The van der Waals surface area contributed by atoms with Crippen LogP contribution < -0.4 is 15.4 Å². The summed E-state index contributed by atoms with van der Waals surface area (Å²) in [4.78, 5) is 33.7. The highest BCUT2D eigenvalue weighted by Gasteiger charge is 2.33. The highest BCUT2D eigenvalue weighted by Crippen LogP contribution is 2.35. The summed E-state index contributed by atoms with van der Waals surface area (Å²) in [6.07, 6.45) is 0.708. The Labute approximate surface area is 277 Å². The minimum absolute atomic E-state index is 0.0970. The van der Waals surface area contributed by atoms with Crippen LogP contribution in [0.25, 0.3) is 0 Å². The van der Waals surface area contributed by atoms with E-state index in [9.17, 15) is 14.7 Å². The molecule has 45 heavy (non-hydrogen) atoms. The lowest BCUT2D eigenvalue weighted by Crippen LogP contribution is -2.47. The average molecular weight is 668 g/mol. The van der Waals surface area contributed by atoms with Crippen molar-refractivity contribution in [2.45, 2.75) is 57.5 Å². The van der Waals surface area contributed by atoms with Gasteiger partial charge in [0.25, 0.3) is 11.8 Å². The molecule has 4 aromatic rings. The maximum Gasteiger partial charge on any atom is 0.254 e. The summed E-state index contributed by atoms with van der Waals surface area (Å²) in [6.45, 7) is 4.68. The summed E-state index contributed by atoms with van der Waals surface area (Å²) < 4.78 is 5.47. The molecule has 3 aromatic carbocycles. The molecular weight excluding hydrogens is 631 g/mol. The van der Waals surface area contributed by atoms with Crippen LogP contribution in [0.5, 0.6) is 5.75 Å². The number of benzene rings is 3. The number of rotatable bonds is 11. The van der Waals surface area contributed by atoms with Crippen molar-refractivity contribution in [1.29, 1.82) is 0 Å². The van der Waals surface area contributed by atoms with Crippen molar-refractivity contribution >= 4 is 46.4 Å². The van der Waals surface area contributed by atoms with E-state index in [-0.39, 0.29) is 17.5 Å². The first kappa shape index (κ1) is 32.9. The first-order chi connectivity index (χ1) is 21.6. The maximum absolute atomic E-state index is 13.7. The standard InChI is InChI=1S/C34H36Cl2N4O4S/c1-20-19-45-33(38-20)29-10-7-11-40(29)34(43)25-14-24(15-28(16-25)44-3)32(42)39-21(2)31(41)30(23-8-5-4-6-9-23)37-18-22-12-26(35)17-27(36)13-22/h4-6,8-9,12-17,19,21,29-31,37,41H,7,10-11,18H2,1-3H3,(H,39,42). The highest BCUT2D eigenvalue weighted by atomic mass is 35.5. The molecule has 0 radical (unpaired) electrons. The minimum Gasteiger partial charge on any atom is -0.497 e. The molecule has 0 spiro atoms. The number of methoxy groups -OCH3 is 1. The van der Waals surface area contributed by atoms with Crippen molar-refractivity contribution in [3.63, 3.8) is 0 Å². The predicted octanol–water partition coefficient (Wildman–Crippen LogP) is 6.75. The summed E-state index contributed by atoms with van der Waals surface area (Å²) in [5.74, 6) is -0.221. The zero-order valence-electron chi connectivity index (χ0n) is 25.3. The number of amides is 2. The number of hydrogen-bond donors (Lipinski definition) is 3. The van der Waals surface area contributed by atoms with Gasteiger partial charge in [0.1, 0.15) is 10.8 Å². The largest absolute Gasteiger partial charge is 0.497 e. The number of nitrogens with zero attached hydrogens (tertiary/aromatic N) is 2. The van der Waals surface area contributed by atoms with Gasteiger partial charge in [-0.15, -0.1) is 11.3 Å². The molecule has 1 saturated heterocycles. The minimum atomic E-state index is -1.01. The maximum atomic E-state index is 13.7. The monoisotopic (exact) mass is 666 g/mol. The van der Waals surface area contributed by atoms with Gasteiger partial charge in [0.15, 0.2) is 0 Å². The number of ether oxygens (including phenoxy) is 1. The summed E-state index contributed by atoms with van der Waals surface area (Å²) in [7, 11) is 1.50. The first-order valence-corrected chi connectivity index (χ1v) is 16.4. The van der Waals surface area contributed by atoms with Crippen molar-refractivity contribution < 1.29 is 19.4 Å². The SMILES string of the molecule is COc1cc(C(=O)NC(C)C(O)C(NCc2cc(Cl)cc(Cl)c2)c2ccccc2)cc(C(=O)N2CCCC2c2nc(C)cs2)c1. The van der Waals surface area contributed by atoms with Gasteiger partial charge in [0.2, 0.25) is 0 Å². The number of nitrogens with one attached hydrogen (secondary N) is 2. The Morgan fingerprint density at radius 3 is 2.47 bits per heavy atom. The number of carbonyl (C=O) groups is 2. The number of carbonyl (C=O) groups excluding carboxylic acids is 2. The molecule has 3 N–H and O–H groups in total. The number of aryl methyl sites for hydroxylation is 1. The third-order valence-corrected chi connectivity index (χ3v) is 9.41. The van der Waals surface area contributed by atoms with Gasteiger partial charge in [-0.1, -0.05) is 53.5 Å². The van der Waals surface area contributed by atoms with E-state index in [1.807, 2.05) is 59.7 Å². The molecule has 1 aliphatic heterocycles. The van der Waals surface area contributed by atoms with Crippen molar-refractivity contribution in [2.75, 3.05) is 13.7 Å². The molecule has 0 bridgehead atoms. The molecule has 8 nitrogen and oxygen atoms in total. The van der Waals surface area contributed by atoms with E-state index >= 15 is 0 Å². The molecule has 11 heteroatoms. The zero-order chi connectivity index (χ0) is 32.1. The van der Waals surface area contributed by atoms with Gasteiger partial charge in [-0.25, -0.2) is 4.98 Å². The lowest BCUT2D eigenvalue weighted by molar-refractivity contribution is 0.0732. The molecule has 2 amide bonds. The van der Waals surface area contributed by atoms with Gasteiger partial charge >= 0.3 is 0 Å². The van der Waals surface area contributed by atoms with Crippen LogP contribution >= 0.6 is 34.5 Å². The van der Waals surface area contributed by atoms with E-state index in [0.29, 0.717) is 34.4 Å². The third-order valence-electron chi connectivity index (χ3n) is 7.91. The van der Waals surface area contributed by atoms with Gasteiger partial charge < -0.3 is 25.4 Å². The molecule has 4 atom stereocenters. The smallest absolute Gasteiger partial charge is 0.254 e. The topological polar surface area (TPSA) is 104 Å². The van der Waals surface area contributed by atoms with Crippen LogP contribution in [-0.2, 0) is 6.54 Å². The second-order valence-corrected chi connectivity index (χ2v) is 13.0. The van der Waals surface area contributed by atoms with Crippen molar-refractivity contribution in [3.05, 3.63) is 115 Å². The molecule has 1 aliphatic rings. The van der Waals surface area contributed by atoms with Gasteiger partial charge in [-0.05, 0) is 74.2 Å². The van der Waals surface area contributed by atoms with Crippen LogP contribution in [0.4, 0.5) is 0 Å². The third kappa shape index (κ3) is 8.04.